The highest BCUT2D eigenvalue weighted by Crippen LogP contribution is 2.14. The minimum absolute atomic E-state index is 0.294. The van der Waals surface area contributed by atoms with Gasteiger partial charge in [0.05, 0.1) is 4.90 Å². The van der Waals surface area contributed by atoms with Crippen LogP contribution in [0.5, 0.6) is 0 Å². The van der Waals surface area contributed by atoms with Crippen LogP contribution >= 0.6 is 15.9 Å². The molecule has 2 aromatic carbocycles. The van der Waals surface area contributed by atoms with Crippen molar-refractivity contribution in [3.8, 4) is 0 Å². The van der Waals surface area contributed by atoms with E-state index in [-0.39, 0.29) is 0 Å². The first-order valence-corrected chi connectivity index (χ1v) is 8.82. The number of nitrogens with one attached hydrogen (secondary N) is 1. The van der Waals surface area contributed by atoms with Crippen molar-refractivity contribution in [2.45, 2.75) is 23.7 Å². The quantitative estimate of drug-likeness (QED) is 0.837. The number of alkyl halides is 1. The van der Waals surface area contributed by atoms with Crippen LogP contribution < -0.4 is 4.72 Å². The molecule has 0 aliphatic heterocycles. The minimum Gasteiger partial charge on any atom is -0.207 e. The third kappa shape index (κ3) is 3.91. The van der Waals surface area contributed by atoms with Crippen LogP contribution in [0.15, 0.2) is 53.4 Å². The average molecular weight is 354 g/mol. The van der Waals surface area contributed by atoms with Gasteiger partial charge in [0.2, 0.25) is 10.0 Å². The standard InChI is InChI=1S/C15H16BrNO2S/c1-12-4-2-6-14(8-12)11-17-20(18,19)15-7-3-5-13(9-15)10-16/h2-9,17H,10-11H2,1H3. The summed E-state index contributed by atoms with van der Waals surface area (Å²) in [5, 5.41) is 0.633. The molecule has 0 atom stereocenters. The average Bonchev–Trinajstić information content (AvgIpc) is 2.45. The van der Waals surface area contributed by atoms with Gasteiger partial charge < -0.3 is 0 Å². The van der Waals surface area contributed by atoms with E-state index in [4.69, 9.17) is 0 Å². The van der Waals surface area contributed by atoms with Gasteiger partial charge in [0, 0.05) is 11.9 Å². The monoisotopic (exact) mass is 353 g/mol. The summed E-state index contributed by atoms with van der Waals surface area (Å²) in [4.78, 5) is 0.294. The SMILES string of the molecule is Cc1cccc(CNS(=O)(=O)c2cccc(CBr)c2)c1. The maximum absolute atomic E-state index is 12.2. The number of rotatable bonds is 5. The van der Waals surface area contributed by atoms with E-state index in [1.807, 2.05) is 37.3 Å². The first-order chi connectivity index (χ1) is 9.51. The predicted octanol–water partition coefficient (Wildman–Crippen LogP) is 3.37. The molecular formula is C15H16BrNO2S. The Labute approximate surface area is 128 Å². The molecule has 0 amide bonds. The molecule has 3 nitrogen and oxygen atoms in total. The molecule has 5 heteroatoms. The molecule has 0 aliphatic carbocycles. The molecule has 0 aliphatic rings. The molecule has 0 aromatic heterocycles. The fraction of sp³-hybridized carbons (Fsp3) is 0.200. The number of hydrogen-bond acceptors (Lipinski definition) is 2. The van der Waals surface area contributed by atoms with Gasteiger partial charge in [-0.05, 0) is 30.2 Å². The summed E-state index contributed by atoms with van der Waals surface area (Å²) in [5.74, 6) is 0. The van der Waals surface area contributed by atoms with Crippen LogP contribution in [0.3, 0.4) is 0 Å². The van der Waals surface area contributed by atoms with Gasteiger partial charge in [0.25, 0.3) is 0 Å². The van der Waals surface area contributed by atoms with Gasteiger partial charge in [0.15, 0.2) is 0 Å². The van der Waals surface area contributed by atoms with Crippen molar-refractivity contribution in [1.29, 1.82) is 0 Å². The smallest absolute Gasteiger partial charge is 0.207 e. The largest absolute Gasteiger partial charge is 0.240 e. The first-order valence-electron chi connectivity index (χ1n) is 6.21. The minimum atomic E-state index is -3.47. The summed E-state index contributed by atoms with van der Waals surface area (Å²) in [6.07, 6.45) is 0. The Hall–Kier alpha value is -1.17. The molecule has 1 N–H and O–H groups in total. The third-order valence-corrected chi connectivity index (χ3v) is 4.96. The van der Waals surface area contributed by atoms with E-state index in [9.17, 15) is 8.42 Å². The Bertz CT molecular complexity index is 699. The number of aryl methyl sites for hydroxylation is 1. The van der Waals surface area contributed by atoms with Crippen molar-refractivity contribution in [2.75, 3.05) is 0 Å². The van der Waals surface area contributed by atoms with Crippen molar-refractivity contribution in [2.24, 2.45) is 0 Å². The first kappa shape index (κ1) is 15.2. The van der Waals surface area contributed by atoms with Crippen LogP contribution in [0.2, 0.25) is 0 Å². The van der Waals surface area contributed by atoms with Gasteiger partial charge in [-0.1, -0.05) is 57.9 Å². The van der Waals surface area contributed by atoms with Crippen LogP contribution in [0, 0.1) is 6.92 Å². The molecular weight excluding hydrogens is 338 g/mol. The lowest BCUT2D eigenvalue weighted by Gasteiger charge is -2.08. The Kier molecular flexibility index (Phi) is 4.96. The van der Waals surface area contributed by atoms with Crippen LogP contribution in [-0.4, -0.2) is 8.42 Å². The van der Waals surface area contributed by atoms with Gasteiger partial charge in [-0.2, -0.15) is 0 Å². The second kappa shape index (κ2) is 6.52. The molecule has 0 heterocycles. The molecule has 0 saturated heterocycles. The molecule has 2 rings (SSSR count). The Morgan fingerprint density at radius 2 is 1.75 bits per heavy atom. The number of hydrogen-bond donors (Lipinski definition) is 1. The summed E-state index contributed by atoms with van der Waals surface area (Å²) in [6.45, 7) is 2.28. The van der Waals surface area contributed by atoms with Gasteiger partial charge in [0.1, 0.15) is 0 Å². The molecule has 20 heavy (non-hydrogen) atoms. The fourth-order valence-electron chi connectivity index (χ4n) is 1.88. The number of sulfonamides is 1. The predicted molar refractivity (Wildman–Crippen MR) is 84.3 cm³/mol. The van der Waals surface area contributed by atoms with Crippen molar-refractivity contribution >= 4 is 26.0 Å². The highest BCUT2D eigenvalue weighted by atomic mass is 79.9. The van der Waals surface area contributed by atoms with Gasteiger partial charge >= 0.3 is 0 Å². The number of benzene rings is 2. The maximum Gasteiger partial charge on any atom is 0.240 e. The van der Waals surface area contributed by atoms with E-state index in [0.29, 0.717) is 16.8 Å². The molecule has 0 unspecified atom stereocenters. The van der Waals surface area contributed by atoms with Crippen molar-refractivity contribution in [3.05, 3.63) is 65.2 Å². The maximum atomic E-state index is 12.2. The molecule has 0 spiro atoms. The van der Waals surface area contributed by atoms with Crippen LogP contribution in [-0.2, 0) is 21.9 Å². The summed E-state index contributed by atoms with van der Waals surface area (Å²) in [7, 11) is -3.47. The zero-order valence-corrected chi connectivity index (χ0v) is 13.5. The number of halogens is 1. The van der Waals surface area contributed by atoms with Crippen LogP contribution in [0.4, 0.5) is 0 Å². The van der Waals surface area contributed by atoms with E-state index in [1.54, 1.807) is 18.2 Å². The summed E-state index contributed by atoms with van der Waals surface area (Å²) >= 11 is 3.33. The molecule has 0 bridgehead atoms. The summed E-state index contributed by atoms with van der Waals surface area (Å²) in [5.41, 5.74) is 3.00. The van der Waals surface area contributed by atoms with E-state index < -0.39 is 10.0 Å². The van der Waals surface area contributed by atoms with E-state index in [0.717, 1.165) is 16.7 Å². The van der Waals surface area contributed by atoms with Crippen LogP contribution in [0.1, 0.15) is 16.7 Å². The zero-order valence-electron chi connectivity index (χ0n) is 11.1. The Morgan fingerprint density at radius 3 is 2.45 bits per heavy atom. The van der Waals surface area contributed by atoms with Crippen molar-refractivity contribution in [3.63, 3.8) is 0 Å². The summed E-state index contributed by atoms with van der Waals surface area (Å²) in [6, 6.07) is 14.7. The van der Waals surface area contributed by atoms with E-state index in [1.165, 1.54) is 0 Å². The molecule has 0 fully saturated rings. The van der Waals surface area contributed by atoms with Gasteiger partial charge in [-0.25, -0.2) is 13.1 Å². The van der Waals surface area contributed by atoms with Crippen LogP contribution in [0.25, 0.3) is 0 Å². The Morgan fingerprint density at radius 1 is 1.05 bits per heavy atom. The topological polar surface area (TPSA) is 46.2 Å². The highest BCUT2D eigenvalue weighted by molar-refractivity contribution is 9.08. The highest BCUT2D eigenvalue weighted by Gasteiger charge is 2.13. The van der Waals surface area contributed by atoms with Gasteiger partial charge in [-0.15, -0.1) is 0 Å². The lowest BCUT2D eigenvalue weighted by Crippen LogP contribution is -2.23. The van der Waals surface area contributed by atoms with Gasteiger partial charge in [-0.3, -0.25) is 0 Å². The van der Waals surface area contributed by atoms with Crippen molar-refractivity contribution in [1.82, 2.24) is 4.72 Å². The van der Waals surface area contributed by atoms with E-state index in [2.05, 4.69) is 20.7 Å². The summed E-state index contributed by atoms with van der Waals surface area (Å²) < 4.78 is 27.1. The zero-order chi connectivity index (χ0) is 14.6. The molecule has 106 valence electrons. The van der Waals surface area contributed by atoms with E-state index >= 15 is 0 Å². The molecule has 2 aromatic rings. The lowest BCUT2D eigenvalue weighted by atomic mass is 10.1. The van der Waals surface area contributed by atoms with Crippen molar-refractivity contribution < 1.29 is 8.42 Å². The lowest BCUT2D eigenvalue weighted by molar-refractivity contribution is 0.581. The molecule has 0 saturated carbocycles. The second-order valence-corrected chi connectivity index (χ2v) is 6.92. The second-order valence-electron chi connectivity index (χ2n) is 4.59. The third-order valence-electron chi connectivity index (χ3n) is 2.91. The Balaban J connectivity index is 2.15. The molecule has 0 radical (unpaired) electrons. The fourth-order valence-corrected chi connectivity index (χ4v) is 3.32. The normalized spacial score (nSPS) is 11.5.